The molecular formula is C21H20ClN5OS. The van der Waals surface area contributed by atoms with Crippen molar-refractivity contribution in [3.05, 3.63) is 70.9 Å². The molecule has 29 heavy (non-hydrogen) atoms. The lowest BCUT2D eigenvalue weighted by molar-refractivity contribution is 0.445. The summed E-state index contributed by atoms with van der Waals surface area (Å²) in [6.45, 7) is 6.12. The van der Waals surface area contributed by atoms with Gasteiger partial charge in [-0.05, 0) is 42.8 Å². The van der Waals surface area contributed by atoms with Crippen LogP contribution in [0.25, 0.3) is 17.1 Å². The predicted octanol–water partition coefficient (Wildman–Crippen LogP) is 5.69. The van der Waals surface area contributed by atoms with Crippen LogP contribution in [0.3, 0.4) is 0 Å². The van der Waals surface area contributed by atoms with Crippen molar-refractivity contribution in [1.29, 1.82) is 0 Å². The number of hydrogen-bond donors (Lipinski definition) is 0. The van der Waals surface area contributed by atoms with Gasteiger partial charge in [0.1, 0.15) is 0 Å². The molecule has 0 N–H and O–H groups in total. The number of rotatable bonds is 6. The molecule has 2 heterocycles. The zero-order chi connectivity index (χ0) is 20.4. The van der Waals surface area contributed by atoms with E-state index in [0.29, 0.717) is 22.6 Å². The SMILES string of the molecule is Cc1ccccc1-n1c(SCc2nnc(C(C)C)o2)nnc1-c1ccc(Cl)cc1. The lowest BCUT2D eigenvalue weighted by atomic mass is 10.1. The Hall–Kier alpha value is -2.64. The van der Waals surface area contributed by atoms with Crippen molar-refractivity contribution in [1.82, 2.24) is 25.0 Å². The Kier molecular flexibility index (Phi) is 5.69. The Morgan fingerprint density at radius 1 is 1.00 bits per heavy atom. The second-order valence-electron chi connectivity index (χ2n) is 6.91. The first kappa shape index (κ1) is 19.7. The van der Waals surface area contributed by atoms with E-state index >= 15 is 0 Å². The van der Waals surface area contributed by atoms with Crippen molar-refractivity contribution < 1.29 is 4.42 Å². The molecule has 0 aliphatic carbocycles. The van der Waals surface area contributed by atoms with Crippen molar-refractivity contribution in [2.45, 2.75) is 37.6 Å². The van der Waals surface area contributed by atoms with Crippen LogP contribution in [0.5, 0.6) is 0 Å². The molecule has 0 bridgehead atoms. The van der Waals surface area contributed by atoms with Gasteiger partial charge in [0.2, 0.25) is 11.8 Å². The van der Waals surface area contributed by atoms with E-state index in [4.69, 9.17) is 16.0 Å². The molecule has 6 nitrogen and oxygen atoms in total. The maximum atomic E-state index is 6.06. The highest BCUT2D eigenvalue weighted by atomic mass is 35.5. The van der Waals surface area contributed by atoms with Crippen molar-refractivity contribution >= 4 is 23.4 Å². The van der Waals surface area contributed by atoms with Gasteiger partial charge in [-0.1, -0.05) is 55.4 Å². The maximum Gasteiger partial charge on any atom is 0.226 e. The average molecular weight is 426 g/mol. The molecule has 4 rings (SSSR count). The third-order valence-electron chi connectivity index (χ3n) is 4.39. The van der Waals surface area contributed by atoms with Crippen LogP contribution in [0.1, 0.15) is 37.1 Å². The standard InChI is InChI=1S/C21H20ClN5OS/c1-13(2)20-25-23-18(28-20)12-29-21-26-24-19(15-8-10-16(22)11-9-15)27(21)17-7-5-4-6-14(17)3/h4-11,13H,12H2,1-3H3. The quantitative estimate of drug-likeness (QED) is 0.369. The summed E-state index contributed by atoms with van der Waals surface area (Å²) in [5.74, 6) is 2.69. The molecule has 2 aromatic heterocycles. The van der Waals surface area contributed by atoms with E-state index < -0.39 is 0 Å². The fourth-order valence-electron chi connectivity index (χ4n) is 2.87. The second kappa shape index (κ2) is 8.39. The van der Waals surface area contributed by atoms with Gasteiger partial charge in [-0.15, -0.1) is 20.4 Å². The topological polar surface area (TPSA) is 69.6 Å². The second-order valence-corrected chi connectivity index (χ2v) is 8.29. The minimum absolute atomic E-state index is 0.202. The van der Waals surface area contributed by atoms with E-state index in [9.17, 15) is 0 Å². The molecule has 0 fully saturated rings. The number of nitrogens with zero attached hydrogens (tertiary/aromatic N) is 5. The van der Waals surface area contributed by atoms with Gasteiger partial charge in [0, 0.05) is 16.5 Å². The first-order chi connectivity index (χ1) is 14.0. The summed E-state index contributed by atoms with van der Waals surface area (Å²) in [4.78, 5) is 0. The van der Waals surface area contributed by atoms with Crippen LogP contribution in [-0.4, -0.2) is 25.0 Å². The van der Waals surface area contributed by atoms with Gasteiger partial charge in [-0.3, -0.25) is 4.57 Å². The lowest BCUT2D eigenvalue weighted by Crippen LogP contribution is -2.02. The number of benzene rings is 2. The first-order valence-electron chi connectivity index (χ1n) is 9.25. The molecule has 0 unspecified atom stereocenters. The fraction of sp³-hybridized carbons (Fsp3) is 0.238. The zero-order valence-corrected chi connectivity index (χ0v) is 17.9. The van der Waals surface area contributed by atoms with Crippen LogP contribution in [0.2, 0.25) is 5.02 Å². The first-order valence-corrected chi connectivity index (χ1v) is 10.6. The minimum Gasteiger partial charge on any atom is -0.424 e. The monoisotopic (exact) mass is 425 g/mol. The molecule has 0 spiro atoms. The van der Waals surface area contributed by atoms with Gasteiger partial charge in [-0.25, -0.2) is 0 Å². The highest BCUT2D eigenvalue weighted by Gasteiger charge is 2.19. The third-order valence-corrected chi connectivity index (χ3v) is 5.56. The number of hydrogen-bond acceptors (Lipinski definition) is 6. The lowest BCUT2D eigenvalue weighted by Gasteiger charge is -2.12. The molecule has 4 aromatic rings. The molecule has 8 heteroatoms. The summed E-state index contributed by atoms with van der Waals surface area (Å²) < 4.78 is 7.78. The number of aromatic nitrogens is 5. The Labute approximate surface area is 178 Å². The van der Waals surface area contributed by atoms with Crippen LogP contribution in [0, 0.1) is 6.92 Å². The summed E-state index contributed by atoms with van der Waals surface area (Å²) in [6.07, 6.45) is 0. The molecule has 0 atom stereocenters. The van der Waals surface area contributed by atoms with Gasteiger partial charge in [0.25, 0.3) is 0 Å². The molecule has 0 aliphatic heterocycles. The zero-order valence-electron chi connectivity index (χ0n) is 16.3. The summed E-state index contributed by atoms with van der Waals surface area (Å²) in [7, 11) is 0. The van der Waals surface area contributed by atoms with Crippen LogP contribution < -0.4 is 0 Å². The molecule has 0 aliphatic rings. The molecule has 148 valence electrons. The molecule has 0 saturated carbocycles. The van der Waals surface area contributed by atoms with Crippen molar-refractivity contribution in [2.24, 2.45) is 0 Å². The molecular weight excluding hydrogens is 406 g/mol. The number of halogens is 1. The Balaban J connectivity index is 1.71. The van der Waals surface area contributed by atoms with Crippen molar-refractivity contribution in [3.63, 3.8) is 0 Å². The highest BCUT2D eigenvalue weighted by molar-refractivity contribution is 7.98. The van der Waals surface area contributed by atoms with E-state index in [1.807, 2.05) is 50.2 Å². The van der Waals surface area contributed by atoms with Crippen LogP contribution in [0.4, 0.5) is 0 Å². The summed E-state index contributed by atoms with van der Waals surface area (Å²) >= 11 is 7.57. The predicted molar refractivity (Wildman–Crippen MR) is 114 cm³/mol. The van der Waals surface area contributed by atoms with Crippen LogP contribution >= 0.6 is 23.4 Å². The fourth-order valence-corrected chi connectivity index (χ4v) is 3.77. The number of aryl methyl sites for hydroxylation is 1. The minimum atomic E-state index is 0.202. The largest absolute Gasteiger partial charge is 0.424 e. The van der Waals surface area contributed by atoms with Crippen LogP contribution in [-0.2, 0) is 5.75 Å². The van der Waals surface area contributed by atoms with Gasteiger partial charge < -0.3 is 4.42 Å². The highest BCUT2D eigenvalue weighted by Crippen LogP contribution is 2.31. The van der Waals surface area contributed by atoms with E-state index in [-0.39, 0.29) is 5.92 Å². The van der Waals surface area contributed by atoms with Gasteiger partial charge in [-0.2, -0.15) is 0 Å². The number of para-hydroxylation sites is 1. The van der Waals surface area contributed by atoms with Gasteiger partial charge >= 0.3 is 0 Å². The van der Waals surface area contributed by atoms with E-state index in [0.717, 1.165) is 27.8 Å². The summed E-state index contributed by atoms with van der Waals surface area (Å²) in [5.41, 5.74) is 3.10. The van der Waals surface area contributed by atoms with Crippen molar-refractivity contribution in [3.8, 4) is 17.1 Å². The summed E-state index contributed by atoms with van der Waals surface area (Å²) in [6, 6.07) is 15.8. The van der Waals surface area contributed by atoms with Gasteiger partial charge in [0.15, 0.2) is 11.0 Å². The summed E-state index contributed by atoms with van der Waals surface area (Å²) in [5, 5.41) is 18.6. The van der Waals surface area contributed by atoms with Crippen LogP contribution in [0.15, 0.2) is 58.1 Å². The van der Waals surface area contributed by atoms with E-state index in [1.54, 1.807) is 0 Å². The molecule has 0 saturated heterocycles. The third kappa shape index (κ3) is 4.21. The van der Waals surface area contributed by atoms with E-state index in [1.165, 1.54) is 11.8 Å². The molecule has 0 radical (unpaired) electrons. The van der Waals surface area contributed by atoms with E-state index in [2.05, 4.69) is 44.0 Å². The average Bonchev–Trinajstić information content (AvgIpc) is 3.34. The smallest absolute Gasteiger partial charge is 0.226 e. The Morgan fingerprint density at radius 3 is 2.45 bits per heavy atom. The van der Waals surface area contributed by atoms with Gasteiger partial charge in [0.05, 0.1) is 11.4 Å². The molecule has 0 amide bonds. The Morgan fingerprint density at radius 2 is 1.76 bits per heavy atom. The maximum absolute atomic E-state index is 6.06. The number of thioether (sulfide) groups is 1. The van der Waals surface area contributed by atoms with Crippen molar-refractivity contribution in [2.75, 3.05) is 0 Å². The normalized spacial score (nSPS) is 11.3. The molecule has 2 aromatic carbocycles. The Bertz CT molecular complexity index is 1120.